The van der Waals surface area contributed by atoms with Gasteiger partial charge in [-0.3, -0.25) is 4.79 Å². The number of benzene rings is 2. The second-order valence-electron chi connectivity index (χ2n) is 5.10. The van der Waals surface area contributed by atoms with Crippen LogP contribution in [0, 0.1) is 0 Å². The smallest absolute Gasteiger partial charge is 0.387 e. The Hall–Kier alpha value is -2.43. The lowest BCUT2D eigenvalue weighted by Crippen LogP contribution is -2.27. The third-order valence-corrected chi connectivity index (χ3v) is 3.74. The summed E-state index contributed by atoms with van der Waals surface area (Å²) in [5.74, 6) is 0.123. The molecule has 3 rings (SSSR count). The first-order chi connectivity index (χ1) is 10.6. The van der Waals surface area contributed by atoms with Crippen molar-refractivity contribution in [2.45, 2.75) is 25.5 Å². The summed E-state index contributed by atoms with van der Waals surface area (Å²) in [6.07, 6.45) is 1.23. The minimum absolute atomic E-state index is 0.0180. The molecule has 1 aliphatic rings. The Morgan fingerprint density at radius 1 is 1.05 bits per heavy atom. The number of rotatable bonds is 4. The van der Waals surface area contributed by atoms with Crippen molar-refractivity contribution in [3.05, 3.63) is 60.2 Å². The van der Waals surface area contributed by atoms with E-state index in [2.05, 4.69) is 4.74 Å². The number of hydrogen-bond donors (Lipinski definition) is 0. The lowest BCUT2D eigenvalue weighted by molar-refractivity contribution is -0.117. The molecule has 3 nitrogen and oxygen atoms in total. The molecular weight excluding hydrogens is 288 g/mol. The summed E-state index contributed by atoms with van der Waals surface area (Å²) >= 11 is 0. The number of alkyl halides is 2. The topological polar surface area (TPSA) is 29.5 Å². The molecule has 2 aromatic carbocycles. The van der Waals surface area contributed by atoms with Gasteiger partial charge >= 0.3 is 6.61 Å². The zero-order valence-corrected chi connectivity index (χ0v) is 11.8. The zero-order chi connectivity index (χ0) is 15.5. The van der Waals surface area contributed by atoms with Crippen molar-refractivity contribution in [1.29, 1.82) is 0 Å². The number of ether oxygens (including phenoxy) is 1. The third-order valence-electron chi connectivity index (χ3n) is 3.74. The highest BCUT2D eigenvalue weighted by Gasteiger charge is 2.33. The van der Waals surface area contributed by atoms with Gasteiger partial charge in [-0.1, -0.05) is 30.3 Å². The number of nitrogens with zero attached hydrogens (tertiary/aromatic N) is 1. The molecular formula is C17H15F2NO2. The molecule has 1 saturated heterocycles. The number of carbonyl (C=O) groups excluding carboxylic acids is 1. The molecule has 22 heavy (non-hydrogen) atoms. The van der Waals surface area contributed by atoms with Gasteiger partial charge in [0.05, 0.1) is 6.04 Å². The van der Waals surface area contributed by atoms with E-state index in [0.717, 1.165) is 12.0 Å². The maximum atomic E-state index is 12.2. The molecule has 1 heterocycles. The highest BCUT2D eigenvalue weighted by Crippen LogP contribution is 2.37. The van der Waals surface area contributed by atoms with Crippen LogP contribution in [0.25, 0.3) is 0 Å². The van der Waals surface area contributed by atoms with Crippen molar-refractivity contribution < 1.29 is 18.3 Å². The van der Waals surface area contributed by atoms with Crippen LogP contribution in [0.3, 0.4) is 0 Å². The molecule has 5 heteroatoms. The summed E-state index contributed by atoms with van der Waals surface area (Å²) in [5.41, 5.74) is 1.76. The van der Waals surface area contributed by atoms with Gasteiger partial charge in [-0.05, 0) is 36.2 Å². The van der Waals surface area contributed by atoms with E-state index in [9.17, 15) is 13.6 Å². The Morgan fingerprint density at radius 2 is 1.73 bits per heavy atom. The van der Waals surface area contributed by atoms with Crippen molar-refractivity contribution in [2.24, 2.45) is 0 Å². The van der Waals surface area contributed by atoms with Crippen molar-refractivity contribution in [1.82, 2.24) is 0 Å². The molecule has 0 radical (unpaired) electrons. The monoisotopic (exact) mass is 303 g/mol. The molecule has 0 aliphatic carbocycles. The van der Waals surface area contributed by atoms with Crippen molar-refractivity contribution in [2.75, 3.05) is 4.90 Å². The second kappa shape index (κ2) is 6.13. The highest BCUT2D eigenvalue weighted by molar-refractivity contribution is 5.96. The molecule has 1 fully saturated rings. The van der Waals surface area contributed by atoms with Gasteiger partial charge < -0.3 is 9.64 Å². The summed E-state index contributed by atoms with van der Waals surface area (Å²) in [7, 11) is 0. The van der Waals surface area contributed by atoms with Gasteiger partial charge in [0.1, 0.15) is 5.75 Å². The van der Waals surface area contributed by atoms with Gasteiger partial charge in [-0.25, -0.2) is 0 Å². The van der Waals surface area contributed by atoms with Crippen LogP contribution in [0.15, 0.2) is 54.6 Å². The average Bonchev–Trinajstić information content (AvgIpc) is 2.90. The van der Waals surface area contributed by atoms with Crippen molar-refractivity contribution >= 4 is 11.6 Å². The second-order valence-corrected chi connectivity index (χ2v) is 5.10. The van der Waals surface area contributed by atoms with E-state index in [4.69, 9.17) is 0 Å². The van der Waals surface area contributed by atoms with E-state index in [1.54, 1.807) is 17.0 Å². The van der Waals surface area contributed by atoms with Crippen LogP contribution in [0.4, 0.5) is 14.5 Å². The van der Waals surface area contributed by atoms with Gasteiger partial charge in [0.2, 0.25) is 5.91 Å². The Morgan fingerprint density at radius 3 is 2.36 bits per heavy atom. The molecule has 0 aromatic heterocycles. The molecule has 0 N–H and O–H groups in total. The number of hydrogen-bond acceptors (Lipinski definition) is 2. The van der Waals surface area contributed by atoms with Crippen molar-refractivity contribution in [3.8, 4) is 5.75 Å². The van der Waals surface area contributed by atoms with Crippen LogP contribution >= 0.6 is 0 Å². The Bertz CT molecular complexity index is 643. The van der Waals surface area contributed by atoms with Crippen LogP contribution < -0.4 is 9.64 Å². The van der Waals surface area contributed by atoms with E-state index in [1.165, 1.54) is 12.1 Å². The number of amides is 1. The van der Waals surface area contributed by atoms with Gasteiger partial charge in [0.25, 0.3) is 0 Å². The fraction of sp³-hybridized carbons (Fsp3) is 0.235. The maximum Gasteiger partial charge on any atom is 0.387 e. The standard InChI is InChI=1S/C17H15F2NO2/c18-17(19)22-14-8-6-13(7-9-14)20-15(10-11-16(20)21)12-4-2-1-3-5-12/h1-9,15,17H,10-11H2. The summed E-state index contributed by atoms with van der Waals surface area (Å²) in [5, 5.41) is 0. The lowest BCUT2D eigenvalue weighted by Gasteiger charge is -2.25. The fourth-order valence-corrected chi connectivity index (χ4v) is 2.79. The third kappa shape index (κ3) is 2.93. The average molecular weight is 303 g/mol. The summed E-state index contributed by atoms with van der Waals surface area (Å²) in [6, 6.07) is 16.0. The van der Waals surface area contributed by atoms with Gasteiger partial charge in [0.15, 0.2) is 0 Å². The largest absolute Gasteiger partial charge is 0.435 e. The summed E-state index contributed by atoms with van der Waals surface area (Å²) in [4.78, 5) is 13.9. The molecule has 114 valence electrons. The van der Waals surface area contributed by atoms with Crippen LogP contribution in [-0.4, -0.2) is 12.5 Å². The number of carbonyl (C=O) groups is 1. The van der Waals surface area contributed by atoms with E-state index in [0.29, 0.717) is 12.1 Å². The molecule has 0 bridgehead atoms. The van der Waals surface area contributed by atoms with Crippen LogP contribution in [0.5, 0.6) is 5.75 Å². The number of anilines is 1. The molecule has 2 aromatic rings. The predicted octanol–water partition coefficient (Wildman–Crippen LogP) is 4.16. The van der Waals surface area contributed by atoms with E-state index >= 15 is 0 Å². The van der Waals surface area contributed by atoms with Gasteiger partial charge in [0, 0.05) is 12.1 Å². The first-order valence-electron chi connectivity index (χ1n) is 7.07. The fourth-order valence-electron chi connectivity index (χ4n) is 2.79. The predicted molar refractivity (Wildman–Crippen MR) is 79.0 cm³/mol. The Kier molecular flexibility index (Phi) is 4.04. The molecule has 1 unspecified atom stereocenters. The van der Waals surface area contributed by atoms with Crippen LogP contribution in [-0.2, 0) is 4.79 Å². The van der Waals surface area contributed by atoms with E-state index in [-0.39, 0.29) is 17.7 Å². The van der Waals surface area contributed by atoms with E-state index in [1.807, 2.05) is 30.3 Å². The molecule has 0 spiro atoms. The summed E-state index contributed by atoms with van der Waals surface area (Å²) in [6.45, 7) is -2.85. The SMILES string of the molecule is O=C1CCC(c2ccccc2)N1c1ccc(OC(F)F)cc1. The highest BCUT2D eigenvalue weighted by atomic mass is 19.3. The van der Waals surface area contributed by atoms with Gasteiger partial charge in [-0.15, -0.1) is 0 Å². The summed E-state index contributed by atoms with van der Waals surface area (Å²) < 4.78 is 28.7. The Balaban J connectivity index is 1.86. The maximum absolute atomic E-state index is 12.2. The van der Waals surface area contributed by atoms with E-state index < -0.39 is 6.61 Å². The first kappa shape index (κ1) is 14.5. The zero-order valence-electron chi connectivity index (χ0n) is 11.8. The number of halogens is 2. The molecule has 1 aliphatic heterocycles. The molecule has 1 amide bonds. The molecule has 1 atom stereocenters. The normalized spacial score (nSPS) is 18.0. The molecule has 0 saturated carbocycles. The van der Waals surface area contributed by atoms with Crippen LogP contribution in [0.1, 0.15) is 24.4 Å². The lowest BCUT2D eigenvalue weighted by atomic mass is 10.0. The van der Waals surface area contributed by atoms with Crippen molar-refractivity contribution in [3.63, 3.8) is 0 Å². The van der Waals surface area contributed by atoms with Crippen LogP contribution in [0.2, 0.25) is 0 Å². The minimum atomic E-state index is -2.85. The Labute approximate surface area is 127 Å². The quantitative estimate of drug-likeness (QED) is 0.849. The first-order valence-corrected chi connectivity index (χ1v) is 7.07. The van der Waals surface area contributed by atoms with Gasteiger partial charge in [-0.2, -0.15) is 8.78 Å². The minimum Gasteiger partial charge on any atom is -0.435 e.